The van der Waals surface area contributed by atoms with Crippen LogP contribution in [0.3, 0.4) is 0 Å². The van der Waals surface area contributed by atoms with Crippen LogP contribution in [0.5, 0.6) is 0 Å². The Labute approximate surface area is 344 Å². The summed E-state index contributed by atoms with van der Waals surface area (Å²) in [6.07, 6.45) is 55.0. The second-order valence-electron chi connectivity index (χ2n) is 17.4. The summed E-state index contributed by atoms with van der Waals surface area (Å²) < 4.78 is 0. The van der Waals surface area contributed by atoms with Gasteiger partial charge in [0.2, 0.25) is 5.91 Å². The van der Waals surface area contributed by atoms with Gasteiger partial charge in [0.1, 0.15) is 0 Å². The molecular weight excluding hydrogens is 679 g/mol. The maximum absolute atomic E-state index is 12.5. The largest absolute Gasteiger partial charge is 0.394 e. The van der Waals surface area contributed by atoms with Crippen LogP contribution in [0.1, 0.15) is 277 Å². The zero-order valence-electron chi connectivity index (χ0n) is 37.3. The van der Waals surface area contributed by atoms with E-state index in [1.54, 1.807) is 0 Å². The maximum atomic E-state index is 12.5. The summed E-state index contributed by atoms with van der Waals surface area (Å²) in [7, 11) is 0. The van der Waals surface area contributed by atoms with Crippen molar-refractivity contribution in [2.45, 2.75) is 295 Å². The summed E-state index contributed by atoms with van der Waals surface area (Å²) in [5.41, 5.74) is 0. The number of rotatable bonds is 46. The Balaban J connectivity index is 3.48. The van der Waals surface area contributed by atoms with E-state index in [9.17, 15) is 20.1 Å². The molecule has 0 aliphatic rings. The molecule has 3 unspecified atom stereocenters. The van der Waals surface area contributed by atoms with Crippen LogP contribution in [0.4, 0.5) is 0 Å². The van der Waals surface area contributed by atoms with Crippen LogP contribution in [-0.2, 0) is 4.79 Å². The minimum Gasteiger partial charge on any atom is -0.394 e. The third kappa shape index (κ3) is 42.5. The Bertz CT molecular complexity index is 773. The summed E-state index contributed by atoms with van der Waals surface area (Å²) in [5.74, 6) is -0.280. The highest BCUT2D eigenvalue weighted by Gasteiger charge is 2.21. The average Bonchev–Trinajstić information content (AvgIpc) is 3.18. The van der Waals surface area contributed by atoms with Crippen LogP contribution in [0.15, 0.2) is 12.2 Å². The van der Waals surface area contributed by atoms with Crippen LogP contribution in [-0.4, -0.2) is 46.1 Å². The zero-order valence-corrected chi connectivity index (χ0v) is 37.3. The summed E-state index contributed by atoms with van der Waals surface area (Å²) in [5, 5.41) is 33.4. The highest BCUT2D eigenvalue weighted by Crippen LogP contribution is 2.17. The van der Waals surface area contributed by atoms with Crippen LogP contribution < -0.4 is 5.32 Å². The third-order valence-electron chi connectivity index (χ3n) is 11.8. The van der Waals surface area contributed by atoms with E-state index in [-0.39, 0.29) is 18.9 Å². The molecule has 0 radical (unpaired) electrons. The first-order chi connectivity index (χ1) is 27.0. The molecule has 4 N–H and O–H groups in total. The Morgan fingerprint density at radius 1 is 0.436 bits per heavy atom. The number of carbonyl (C=O) groups excluding carboxylic acids is 1. The summed E-state index contributed by atoms with van der Waals surface area (Å²) in [6, 6.07) is -0.654. The second-order valence-corrected chi connectivity index (χ2v) is 17.4. The molecule has 1 amide bonds. The van der Waals surface area contributed by atoms with Crippen LogP contribution in [0, 0.1) is 0 Å². The van der Waals surface area contributed by atoms with Gasteiger partial charge in [-0.25, -0.2) is 0 Å². The standard InChI is InChI=1S/C50H99NO4/c1-3-5-7-9-11-13-15-16-17-18-19-20-21-22-23-24-25-26-27-28-29-30-31-32-34-35-37-39-41-43-47(53)45-50(55)51-48(46-52)49(54)44-42-40-38-36-33-14-12-10-8-6-4-2/h22-23,47-49,52-54H,3-21,24-46H2,1-2H3,(H,51,55)/b23-22-. The van der Waals surface area contributed by atoms with Gasteiger partial charge in [-0.1, -0.05) is 244 Å². The van der Waals surface area contributed by atoms with Crippen molar-refractivity contribution in [3.05, 3.63) is 12.2 Å². The Hall–Kier alpha value is -0.910. The Morgan fingerprint density at radius 2 is 0.727 bits per heavy atom. The van der Waals surface area contributed by atoms with E-state index in [2.05, 4.69) is 31.3 Å². The Kier molecular flexibility index (Phi) is 45.0. The smallest absolute Gasteiger partial charge is 0.222 e. The molecule has 0 bridgehead atoms. The van der Waals surface area contributed by atoms with Gasteiger partial charge in [0.25, 0.3) is 0 Å². The van der Waals surface area contributed by atoms with Gasteiger partial charge in [-0.15, -0.1) is 0 Å². The predicted octanol–water partition coefficient (Wildman–Crippen LogP) is 14.8. The van der Waals surface area contributed by atoms with Crippen molar-refractivity contribution in [1.29, 1.82) is 0 Å². The number of unbranched alkanes of at least 4 members (excludes halogenated alkanes) is 35. The molecule has 0 rings (SSSR count). The van der Waals surface area contributed by atoms with E-state index < -0.39 is 18.2 Å². The lowest BCUT2D eigenvalue weighted by molar-refractivity contribution is -0.125. The first-order valence-corrected chi connectivity index (χ1v) is 25.0. The molecule has 0 fully saturated rings. The quantitative estimate of drug-likeness (QED) is 0.0366. The lowest BCUT2D eigenvalue weighted by atomic mass is 10.0. The SMILES string of the molecule is CCCCCCCCCCCCCC/C=C\CCCCCCCCCCCCCCCC(O)CC(=O)NC(CO)C(O)CCCCCCCCCCCCC. The van der Waals surface area contributed by atoms with Gasteiger partial charge >= 0.3 is 0 Å². The molecule has 3 atom stereocenters. The number of allylic oxidation sites excluding steroid dienone is 2. The van der Waals surface area contributed by atoms with Gasteiger partial charge in [0.05, 0.1) is 31.3 Å². The summed E-state index contributed by atoms with van der Waals surface area (Å²) in [4.78, 5) is 12.5. The second kappa shape index (κ2) is 45.8. The van der Waals surface area contributed by atoms with Gasteiger partial charge in [-0.2, -0.15) is 0 Å². The van der Waals surface area contributed by atoms with E-state index in [0.29, 0.717) is 12.8 Å². The zero-order chi connectivity index (χ0) is 40.1. The van der Waals surface area contributed by atoms with E-state index >= 15 is 0 Å². The first kappa shape index (κ1) is 54.1. The minimum absolute atomic E-state index is 0.0399. The van der Waals surface area contributed by atoms with Crippen molar-refractivity contribution >= 4 is 5.91 Å². The fraction of sp³-hybridized carbons (Fsp3) is 0.940. The highest BCUT2D eigenvalue weighted by molar-refractivity contribution is 5.76. The molecule has 0 aliphatic carbocycles. The molecule has 5 nitrogen and oxygen atoms in total. The fourth-order valence-electron chi connectivity index (χ4n) is 7.99. The molecule has 5 heteroatoms. The molecule has 0 aliphatic heterocycles. The normalized spacial score (nSPS) is 13.5. The Morgan fingerprint density at radius 3 is 1.05 bits per heavy atom. The third-order valence-corrected chi connectivity index (χ3v) is 11.8. The lowest BCUT2D eigenvalue weighted by Gasteiger charge is -2.23. The number of aliphatic hydroxyl groups is 3. The van der Waals surface area contributed by atoms with Gasteiger partial charge in [-0.05, 0) is 38.5 Å². The van der Waals surface area contributed by atoms with Crippen molar-refractivity contribution in [2.75, 3.05) is 6.61 Å². The van der Waals surface area contributed by atoms with E-state index in [0.717, 1.165) is 25.7 Å². The molecule has 328 valence electrons. The molecule has 0 aromatic heterocycles. The van der Waals surface area contributed by atoms with Crippen LogP contribution in [0.25, 0.3) is 0 Å². The van der Waals surface area contributed by atoms with Gasteiger partial charge in [0, 0.05) is 0 Å². The van der Waals surface area contributed by atoms with Crippen molar-refractivity contribution in [3.8, 4) is 0 Å². The van der Waals surface area contributed by atoms with Crippen molar-refractivity contribution in [3.63, 3.8) is 0 Å². The van der Waals surface area contributed by atoms with E-state index in [1.165, 1.54) is 218 Å². The van der Waals surface area contributed by atoms with Crippen LogP contribution in [0.2, 0.25) is 0 Å². The molecule has 0 heterocycles. The van der Waals surface area contributed by atoms with E-state index in [4.69, 9.17) is 0 Å². The molecule has 0 saturated heterocycles. The topological polar surface area (TPSA) is 89.8 Å². The average molecular weight is 778 g/mol. The van der Waals surface area contributed by atoms with Crippen molar-refractivity contribution < 1.29 is 20.1 Å². The number of hydrogen-bond acceptors (Lipinski definition) is 4. The minimum atomic E-state index is -0.745. The molecule has 0 aromatic rings. The number of aliphatic hydroxyl groups excluding tert-OH is 3. The van der Waals surface area contributed by atoms with Gasteiger partial charge < -0.3 is 20.6 Å². The molecule has 0 spiro atoms. The summed E-state index contributed by atoms with van der Waals surface area (Å²) >= 11 is 0. The first-order valence-electron chi connectivity index (χ1n) is 25.0. The highest BCUT2D eigenvalue weighted by atomic mass is 16.3. The maximum Gasteiger partial charge on any atom is 0.222 e. The van der Waals surface area contributed by atoms with Gasteiger partial charge in [0.15, 0.2) is 0 Å². The molecular formula is C50H99NO4. The summed E-state index contributed by atoms with van der Waals surface area (Å²) in [6.45, 7) is 4.27. The van der Waals surface area contributed by atoms with Crippen molar-refractivity contribution in [2.24, 2.45) is 0 Å². The number of hydrogen-bond donors (Lipinski definition) is 4. The van der Waals surface area contributed by atoms with E-state index in [1.807, 2.05) is 0 Å². The lowest BCUT2D eigenvalue weighted by Crippen LogP contribution is -2.46. The molecule has 0 aromatic carbocycles. The van der Waals surface area contributed by atoms with Crippen molar-refractivity contribution in [1.82, 2.24) is 5.32 Å². The predicted molar refractivity (Wildman–Crippen MR) is 241 cm³/mol. The molecule has 0 saturated carbocycles. The molecule has 55 heavy (non-hydrogen) atoms. The van der Waals surface area contributed by atoms with Crippen LogP contribution >= 0.6 is 0 Å². The van der Waals surface area contributed by atoms with Gasteiger partial charge in [-0.3, -0.25) is 4.79 Å². The number of carbonyl (C=O) groups is 1. The number of nitrogens with one attached hydrogen (secondary N) is 1. The fourth-order valence-corrected chi connectivity index (χ4v) is 7.99. The monoisotopic (exact) mass is 778 g/mol. The number of amides is 1.